The number of carboxylic acids is 1. The first kappa shape index (κ1) is 18.2. The molecule has 134 valence electrons. The van der Waals surface area contributed by atoms with E-state index in [9.17, 15) is 24.3 Å². The van der Waals surface area contributed by atoms with Gasteiger partial charge in [0.05, 0.1) is 6.54 Å². The minimum atomic E-state index is -1.15. The van der Waals surface area contributed by atoms with Crippen molar-refractivity contribution in [1.82, 2.24) is 20.9 Å². The van der Waals surface area contributed by atoms with Crippen molar-refractivity contribution in [3.8, 4) is 0 Å². The summed E-state index contributed by atoms with van der Waals surface area (Å²) in [5.74, 6) is -2.00. The summed E-state index contributed by atoms with van der Waals surface area (Å²) in [6.07, 6.45) is 0.111. The number of carbonyl (C=O) groups excluding carboxylic acids is 3. The van der Waals surface area contributed by atoms with Gasteiger partial charge in [-0.3, -0.25) is 9.59 Å². The number of aliphatic carboxylic acids is 1. The number of carboxylic acid groups (broad SMARTS) is 1. The molecule has 0 aliphatic carbocycles. The molecule has 0 unspecified atom stereocenters. The Morgan fingerprint density at radius 3 is 2.48 bits per heavy atom. The van der Waals surface area contributed by atoms with Gasteiger partial charge in [0.1, 0.15) is 6.04 Å². The first-order chi connectivity index (χ1) is 11.9. The van der Waals surface area contributed by atoms with Gasteiger partial charge in [0.2, 0.25) is 5.91 Å². The molecule has 0 saturated carbocycles. The van der Waals surface area contributed by atoms with Gasteiger partial charge >= 0.3 is 12.0 Å². The van der Waals surface area contributed by atoms with Gasteiger partial charge in [-0.25, -0.2) is 9.59 Å². The Bertz CT molecular complexity index is 664. The summed E-state index contributed by atoms with van der Waals surface area (Å²) in [5, 5.41) is 16.7. The molecule has 2 rings (SSSR count). The third-order valence-corrected chi connectivity index (χ3v) is 3.90. The zero-order valence-electron chi connectivity index (χ0n) is 13.7. The third-order valence-electron chi connectivity index (χ3n) is 3.90. The second-order valence-electron chi connectivity index (χ2n) is 5.60. The van der Waals surface area contributed by atoms with Gasteiger partial charge in [-0.2, -0.15) is 0 Å². The van der Waals surface area contributed by atoms with Crippen molar-refractivity contribution in [2.24, 2.45) is 0 Å². The zero-order valence-corrected chi connectivity index (χ0v) is 13.7. The topological polar surface area (TPSA) is 128 Å². The highest BCUT2D eigenvalue weighted by Crippen LogP contribution is 2.19. The molecule has 25 heavy (non-hydrogen) atoms. The van der Waals surface area contributed by atoms with Gasteiger partial charge in [0, 0.05) is 31.6 Å². The van der Waals surface area contributed by atoms with Gasteiger partial charge < -0.3 is 26.0 Å². The lowest BCUT2D eigenvalue weighted by Crippen LogP contribution is -2.47. The van der Waals surface area contributed by atoms with E-state index in [-0.39, 0.29) is 25.4 Å². The molecule has 1 fully saturated rings. The predicted octanol–water partition coefficient (Wildman–Crippen LogP) is -0.600. The van der Waals surface area contributed by atoms with Crippen LogP contribution in [0, 0.1) is 0 Å². The number of benzene rings is 1. The average molecular weight is 348 g/mol. The fourth-order valence-electron chi connectivity index (χ4n) is 2.65. The van der Waals surface area contributed by atoms with Gasteiger partial charge in [0.25, 0.3) is 5.91 Å². The summed E-state index contributed by atoms with van der Waals surface area (Å²) in [4.78, 5) is 48.1. The lowest BCUT2D eigenvalue weighted by Gasteiger charge is -2.21. The van der Waals surface area contributed by atoms with Crippen molar-refractivity contribution in [3.63, 3.8) is 0 Å². The summed E-state index contributed by atoms with van der Waals surface area (Å²) < 4.78 is 0. The normalized spacial score (nSPS) is 19.2. The fraction of sp³-hybridized carbons (Fsp3) is 0.375. The molecule has 0 bridgehead atoms. The maximum Gasteiger partial charge on any atom is 0.326 e. The van der Waals surface area contributed by atoms with Crippen LogP contribution in [0.3, 0.4) is 0 Å². The second kappa shape index (κ2) is 8.13. The number of hydrogen-bond acceptors (Lipinski definition) is 4. The molecule has 0 spiro atoms. The molecule has 9 heteroatoms. The Morgan fingerprint density at radius 2 is 1.88 bits per heavy atom. The monoisotopic (exact) mass is 348 g/mol. The number of rotatable bonds is 5. The minimum absolute atomic E-state index is 0.0732. The Morgan fingerprint density at radius 1 is 1.20 bits per heavy atom. The van der Waals surface area contributed by atoms with E-state index in [1.165, 1.54) is 7.05 Å². The van der Waals surface area contributed by atoms with E-state index in [0.29, 0.717) is 5.56 Å². The van der Waals surface area contributed by atoms with Crippen LogP contribution in [-0.2, 0) is 9.59 Å². The van der Waals surface area contributed by atoms with E-state index < -0.39 is 30.0 Å². The number of carbonyl (C=O) groups is 4. The number of amides is 4. The molecule has 1 heterocycles. The maximum absolute atomic E-state index is 12.2. The van der Waals surface area contributed by atoms with E-state index in [4.69, 9.17) is 0 Å². The van der Waals surface area contributed by atoms with E-state index in [2.05, 4.69) is 16.0 Å². The summed E-state index contributed by atoms with van der Waals surface area (Å²) in [6.45, 7) is -0.243. The zero-order chi connectivity index (χ0) is 18.4. The molecule has 1 aliphatic heterocycles. The van der Waals surface area contributed by atoms with Gasteiger partial charge in [-0.1, -0.05) is 18.2 Å². The summed E-state index contributed by atoms with van der Waals surface area (Å²) in [5.41, 5.74) is 0.459. The Balaban J connectivity index is 1.99. The molecule has 1 aromatic rings. The van der Waals surface area contributed by atoms with E-state index >= 15 is 0 Å². The van der Waals surface area contributed by atoms with Crippen molar-refractivity contribution >= 4 is 23.8 Å². The van der Waals surface area contributed by atoms with E-state index in [1.54, 1.807) is 30.3 Å². The molecule has 4 N–H and O–H groups in total. The molecule has 2 atom stereocenters. The van der Waals surface area contributed by atoms with Gasteiger partial charge in [0.15, 0.2) is 0 Å². The molecule has 0 radical (unpaired) electrons. The average Bonchev–Trinajstić information content (AvgIpc) is 3.04. The van der Waals surface area contributed by atoms with Crippen molar-refractivity contribution in [1.29, 1.82) is 0 Å². The van der Waals surface area contributed by atoms with Crippen LogP contribution in [0.2, 0.25) is 0 Å². The Hall–Kier alpha value is -3.10. The standard InChI is InChI=1S/C16H20N4O5/c1-17-16(25)18-8-13(21)20-9-11(7-12(20)15(23)24)19-14(22)10-5-3-2-4-6-10/h2-6,11-12H,7-9H2,1H3,(H,19,22)(H,23,24)(H2,17,18,25)/t11-,12+/m1/s1. The maximum atomic E-state index is 12.2. The number of nitrogens with one attached hydrogen (secondary N) is 3. The Kier molecular flexibility index (Phi) is 5.93. The lowest BCUT2D eigenvalue weighted by atomic mass is 10.1. The van der Waals surface area contributed by atoms with Crippen LogP contribution in [0.5, 0.6) is 0 Å². The molecule has 4 amide bonds. The fourth-order valence-corrected chi connectivity index (χ4v) is 2.65. The van der Waals surface area contributed by atoms with E-state index in [0.717, 1.165) is 4.90 Å². The van der Waals surface area contributed by atoms with Crippen LogP contribution < -0.4 is 16.0 Å². The predicted molar refractivity (Wildman–Crippen MR) is 87.9 cm³/mol. The van der Waals surface area contributed by atoms with Crippen molar-refractivity contribution in [2.75, 3.05) is 20.1 Å². The highest BCUT2D eigenvalue weighted by Gasteiger charge is 2.40. The molecule has 9 nitrogen and oxygen atoms in total. The second-order valence-corrected chi connectivity index (χ2v) is 5.60. The summed E-state index contributed by atoms with van der Waals surface area (Å²) in [7, 11) is 1.41. The number of urea groups is 1. The molecule has 0 aromatic heterocycles. The molecule has 1 saturated heterocycles. The minimum Gasteiger partial charge on any atom is -0.480 e. The molecule has 1 aromatic carbocycles. The van der Waals surface area contributed by atoms with Crippen LogP contribution in [-0.4, -0.2) is 66.0 Å². The van der Waals surface area contributed by atoms with E-state index in [1.807, 2.05) is 0 Å². The quantitative estimate of drug-likeness (QED) is 0.565. The highest BCUT2D eigenvalue weighted by molar-refractivity contribution is 5.94. The Labute approximate surface area is 144 Å². The van der Waals surface area contributed by atoms with Crippen molar-refractivity contribution in [2.45, 2.75) is 18.5 Å². The summed E-state index contributed by atoms with van der Waals surface area (Å²) in [6, 6.07) is 6.48. The number of nitrogens with zero attached hydrogens (tertiary/aromatic N) is 1. The lowest BCUT2D eigenvalue weighted by molar-refractivity contribution is -0.147. The van der Waals surface area contributed by atoms with Crippen LogP contribution in [0.15, 0.2) is 30.3 Å². The third kappa shape index (κ3) is 4.69. The first-order valence-electron chi connectivity index (χ1n) is 7.76. The van der Waals surface area contributed by atoms with Gasteiger partial charge in [-0.15, -0.1) is 0 Å². The number of hydrogen-bond donors (Lipinski definition) is 4. The molecular formula is C16H20N4O5. The largest absolute Gasteiger partial charge is 0.480 e. The molecular weight excluding hydrogens is 328 g/mol. The van der Waals surface area contributed by atoms with Crippen LogP contribution in [0.4, 0.5) is 4.79 Å². The van der Waals surface area contributed by atoms with Crippen LogP contribution in [0.1, 0.15) is 16.8 Å². The molecule has 1 aliphatic rings. The summed E-state index contributed by atoms with van der Waals surface area (Å²) >= 11 is 0. The smallest absolute Gasteiger partial charge is 0.326 e. The number of likely N-dealkylation sites (tertiary alicyclic amines) is 1. The first-order valence-corrected chi connectivity index (χ1v) is 7.76. The van der Waals surface area contributed by atoms with Crippen molar-refractivity contribution < 1.29 is 24.3 Å². The van der Waals surface area contributed by atoms with Crippen LogP contribution in [0.25, 0.3) is 0 Å². The highest BCUT2D eigenvalue weighted by atomic mass is 16.4. The van der Waals surface area contributed by atoms with Crippen LogP contribution >= 0.6 is 0 Å². The SMILES string of the molecule is CNC(=O)NCC(=O)N1C[C@H](NC(=O)c2ccccc2)C[C@H]1C(=O)O. The van der Waals surface area contributed by atoms with Gasteiger partial charge in [-0.05, 0) is 12.1 Å². The van der Waals surface area contributed by atoms with Crippen molar-refractivity contribution in [3.05, 3.63) is 35.9 Å².